The summed E-state index contributed by atoms with van der Waals surface area (Å²) >= 11 is 0. The summed E-state index contributed by atoms with van der Waals surface area (Å²) in [5.41, 5.74) is 3.66. The Kier molecular flexibility index (Phi) is 7.94. The summed E-state index contributed by atoms with van der Waals surface area (Å²) in [6.45, 7) is 5.32. The molecule has 182 valence electrons. The lowest BCUT2D eigenvalue weighted by molar-refractivity contribution is -0.142. The number of nitrogens with one attached hydrogen (secondary N) is 2. The molecule has 0 aromatic heterocycles. The van der Waals surface area contributed by atoms with Gasteiger partial charge in [-0.1, -0.05) is 55.5 Å². The van der Waals surface area contributed by atoms with E-state index in [1.165, 1.54) is 7.11 Å². The van der Waals surface area contributed by atoms with E-state index in [4.69, 9.17) is 9.47 Å². The van der Waals surface area contributed by atoms with Crippen molar-refractivity contribution in [3.05, 3.63) is 59.7 Å². The van der Waals surface area contributed by atoms with Crippen molar-refractivity contribution in [2.45, 2.75) is 57.2 Å². The third-order valence-electron chi connectivity index (χ3n) is 6.22. The second-order valence-corrected chi connectivity index (χ2v) is 9.00. The molecular weight excluding hydrogens is 436 g/mol. The van der Waals surface area contributed by atoms with Gasteiger partial charge in [0.05, 0.1) is 5.60 Å². The summed E-state index contributed by atoms with van der Waals surface area (Å²) in [6.07, 6.45) is -0.403. The number of carbonyl (C=O) groups excluding carboxylic acids is 2. The van der Waals surface area contributed by atoms with Crippen molar-refractivity contribution in [2.75, 3.05) is 13.7 Å². The number of carbonyl (C=O) groups is 3. The summed E-state index contributed by atoms with van der Waals surface area (Å²) in [5.74, 6) is -1.85. The van der Waals surface area contributed by atoms with Crippen molar-refractivity contribution in [1.82, 2.24) is 10.6 Å². The number of aliphatic carboxylic acids is 1. The minimum absolute atomic E-state index is 0.106. The van der Waals surface area contributed by atoms with Crippen LogP contribution in [-0.4, -0.2) is 54.5 Å². The van der Waals surface area contributed by atoms with Gasteiger partial charge in [-0.2, -0.15) is 0 Å². The van der Waals surface area contributed by atoms with E-state index in [1.807, 2.05) is 48.5 Å². The number of fused-ring (bicyclic) bond motifs is 3. The normalized spacial score (nSPS) is 14.5. The molecule has 1 aliphatic carbocycles. The maximum absolute atomic E-state index is 12.8. The standard InChI is InChI=1S/C26H32N2O6/c1-5-21(24(30)31)27-23(29)22(14-26(2,3)33-4)28-25(32)34-15-20-18-12-8-6-10-16(18)17-11-7-9-13-19(17)20/h6-13,20-22H,5,14-15H2,1-4H3,(H,27,29)(H,28,32)(H,30,31)/t21-,22?/m0/s1. The zero-order valence-electron chi connectivity index (χ0n) is 20.0. The van der Waals surface area contributed by atoms with Crippen LogP contribution in [-0.2, 0) is 19.1 Å². The number of amides is 2. The average molecular weight is 469 g/mol. The van der Waals surface area contributed by atoms with Gasteiger partial charge in [0.2, 0.25) is 5.91 Å². The third kappa shape index (κ3) is 5.75. The molecule has 0 fully saturated rings. The summed E-state index contributed by atoms with van der Waals surface area (Å²) in [5, 5.41) is 14.4. The highest BCUT2D eigenvalue weighted by molar-refractivity contribution is 5.89. The zero-order valence-corrected chi connectivity index (χ0v) is 20.0. The lowest BCUT2D eigenvalue weighted by Gasteiger charge is -2.29. The molecule has 0 heterocycles. The van der Waals surface area contributed by atoms with E-state index in [0.29, 0.717) is 0 Å². The molecule has 1 aliphatic rings. The summed E-state index contributed by atoms with van der Waals surface area (Å²) in [7, 11) is 1.51. The molecule has 2 aromatic rings. The number of ether oxygens (including phenoxy) is 2. The van der Waals surface area contributed by atoms with Crippen LogP contribution in [0.5, 0.6) is 0 Å². The molecule has 0 spiro atoms. The molecule has 0 bridgehead atoms. The van der Waals surface area contributed by atoms with Gasteiger partial charge in [-0.15, -0.1) is 0 Å². The smallest absolute Gasteiger partial charge is 0.407 e. The first-order valence-electron chi connectivity index (χ1n) is 11.4. The molecule has 3 N–H and O–H groups in total. The maximum atomic E-state index is 12.8. The Morgan fingerprint density at radius 3 is 2.03 bits per heavy atom. The van der Waals surface area contributed by atoms with Crippen LogP contribution in [0.1, 0.15) is 50.7 Å². The fraction of sp³-hybridized carbons (Fsp3) is 0.423. The van der Waals surface area contributed by atoms with E-state index in [2.05, 4.69) is 10.6 Å². The number of hydrogen-bond donors (Lipinski definition) is 3. The topological polar surface area (TPSA) is 114 Å². The Morgan fingerprint density at radius 1 is 0.971 bits per heavy atom. The van der Waals surface area contributed by atoms with E-state index < -0.39 is 35.7 Å². The van der Waals surface area contributed by atoms with Gasteiger partial charge in [0.15, 0.2) is 0 Å². The Bertz CT molecular complexity index is 1010. The molecule has 2 amide bonds. The van der Waals surface area contributed by atoms with Crippen molar-refractivity contribution < 1.29 is 29.0 Å². The van der Waals surface area contributed by atoms with Gasteiger partial charge in [0.1, 0.15) is 18.7 Å². The molecule has 8 nitrogen and oxygen atoms in total. The van der Waals surface area contributed by atoms with E-state index >= 15 is 0 Å². The second kappa shape index (κ2) is 10.7. The molecule has 0 radical (unpaired) electrons. The Hall–Kier alpha value is -3.39. The SMILES string of the molecule is CC[C@H](NC(=O)C(CC(C)(C)OC)NC(=O)OCC1c2ccccc2-c2ccccc21)C(=O)O. The molecule has 1 unspecified atom stereocenters. The number of hydrogen-bond acceptors (Lipinski definition) is 5. The molecule has 2 atom stereocenters. The number of methoxy groups -OCH3 is 1. The van der Waals surface area contributed by atoms with Crippen LogP contribution in [0.2, 0.25) is 0 Å². The number of alkyl carbamates (subject to hydrolysis) is 1. The third-order valence-corrected chi connectivity index (χ3v) is 6.22. The van der Waals surface area contributed by atoms with Gasteiger partial charge in [-0.05, 0) is 42.5 Å². The van der Waals surface area contributed by atoms with Gasteiger partial charge in [0, 0.05) is 19.4 Å². The largest absolute Gasteiger partial charge is 0.480 e. The van der Waals surface area contributed by atoms with Gasteiger partial charge >= 0.3 is 12.1 Å². The second-order valence-electron chi connectivity index (χ2n) is 9.00. The predicted molar refractivity (Wildman–Crippen MR) is 128 cm³/mol. The predicted octanol–water partition coefficient (Wildman–Crippen LogP) is 3.69. The number of rotatable bonds is 10. The van der Waals surface area contributed by atoms with Crippen LogP contribution in [0, 0.1) is 0 Å². The van der Waals surface area contributed by atoms with Crippen molar-refractivity contribution in [3.63, 3.8) is 0 Å². The monoisotopic (exact) mass is 468 g/mol. The first-order chi connectivity index (χ1) is 16.2. The van der Waals surface area contributed by atoms with E-state index in [9.17, 15) is 19.5 Å². The van der Waals surface area contributed by atoms with Crippen LogP contribution in [0.25, 0.3) is 11.1 Å². The van der Waals surface area contributed by atoms with Gasteiger partial charge < -0.3 is 25.2 Å². The number of carboxylic acids is 1. The van der Waals surface area contributed by atoms with Crippen LogP contribution >= 0.6 is 0 Å². The molecule has 8 heteroatoms. The fourth-order valence-electron chi connectivity index (χ4n) is 4.18. The van der Waals surface area contributed by atoms with Crippen LogP contribution < -0.4 is 10.6 Å². The minimum Gasteiger partial charge on any atom is -0.480 e. The van der Waals surface area contributed by atoms with E-state index in [1.54, 1.807) is 20.8 Å². The highest BCUT2D eigenvalue weighted by atomic mass is 16.5. The van der Waals surface area contributed by atoms with Crippen LogP contribution in [0.3, 0.4) is 0 Å². The maximum Gasteiger partial charge on any atom is 0.407 e. The van der Waals surface area contributed by atoms with Gasteiger partial charge in [0.25, 0.3) is 0 Å². The lowest BCUT2D eigenvalue weighted by atomic mass is 9.97. The summed E-state index contributed by atoms with van der Waals surface area (Å²) < 4.78 is 11.0. The number of benzene rings is 2. The molecule has 2 aromatic carbocycles. The minimum atomic E-state index is -1.14. The molecule has 0 aliphatic heterocycles. The summed E-state index contributed by atoms with van der Waals surface area (Å²) in [4.78, 5) is 36.9. The van der Waals surface area contributed by atoms with Crippen molar-refractivity contribution in [1.29, 1.82) is 0 Å². The van der Waals surface area contributed by atoms with E-state index in [0.717, 1.165) is 22.3 Å². The van der Waals surface area contributed by atoms with Crippen LogP contribution in [0.4, 0.5) is 4.79 Å². The van der Waals surface area contributed by atoms with E-state index in [-0.39, 0.29) is 25.4 Å². The average Bonchev–Trinajstić information content (AvgIpc) is 3.14. The lowest BCUT2D eigenvalue weighted by Crippen LogP contribution is -2.53. The molecule has 0 saturated heterocycles. The zero-order chi connectivity index (χ0) is 24.9. The Labute approximate surface area is 199 Å². The molecule has 0 saturated carbocycles. The quantitative estimate of drug-likeness (QED) is 0.490. The van der Waals surface area contributed by atoms with Crippen molar-refractivity contribution in [2.24, 2.45) is 0 Å². The Morgan fingerprint density at radius 2 is 1.53 bits per heavy atom. The summed E-state index contributed by atoms with van der Waals surface area (Å²) in [6, 6.07) is 13.9. The molecule has 34 heavy (non-hydrogen) atoms. The number of carboxylic acid groups (broad SMARTS) is 1. The highest BCUT2D eigenvalue weighted by Gasteiger charge is 2.33. The van der Waals surface area contributed by atoms with Crippen LogP contribution in [0.15, 0.2) is 48.5 Å². The Balaban J connectivity index is 1.71. The fourth-order valence-corrected chi connectivity index (χ4v) is 4.18. The molecular formula is C26H32N2O6. The van der Waals surface area contributed by atoms with Crippen molar-refractivity contribution in [3.8, 4) is 11.1 Å². The highest BCUT2D eigenvalue weighted by Crippen LogP contribution is 2.44. The van der Waals surface area contributed by atoms with Gasteiger partial charge in [-0.3, -0.25) is 4.79 Å². The molecule has 3 rings (SSSR count). The van der Waals surface area contributed by atoms with Crippen molar-refractivity contribution >= 4 is 18.0 Å². The first-order valence-corrected chi connectivity index (χ1v) is 11.4. The van der Waals surface area contributed by atoms with Gasteiger partial charge in [-0.25, -0.2) is 9.59 Å². The first kappa shape index (κ1) is 25.2.